The molecule has 0 saturated carbocycles. The van der Waals surface area contributed by atoms with Crippen LogP contribution >= 0.6 is 24.8 Å². The fraction of sp³-hybridized carbons (Fsp3) is 0.290. The lowest BCUT2D eigenvalue weighted by Gasteiger charge is -2.37. The summed E-state index contributed by atoms with van der Waals surface area (Å²) in [6.45, 7) is 3.50. The van der Waals surface area contributed by atoms with Gasteiger partial charge in [0.05, 0.1) is 12.6 Å². The molecule has 0 radical (unpaired) electrons. The van der Waals surface area contributed by atoms with E-state index in [4.69, 9.17) is 4.74 Å². The molecule has 1 aliphatic rings. The van der Waals surface area contributed by atoms with Crippen LogP contribution in [0, 0.1) is 23.4 Å². The Bertz CT molecular complexity index is 1330. The largest absolute Gasteiger partial charge is 0.494 e. The summed E-state index contributed by atoms with van der Waals surface area (Å²) in [6, 6.07) is 24.6. The highest BCUT2D eigenvalue weighted by atomic mass is 35.5. The molecule has 8 heteroatoms. The number of rotatable bonds is 9. The maximum absolute atomic E-state index is 13.8. The van der Waals surface area contributed by atoms with Gasteiger partial charge in [-0.1, -0.05) is 42.5 Å². The lowest BCUT2D eigenvalue weighted by Crippen LogP contribution is -2.38. The highest BCUT2D eigenvalue weighted by molar-refractivity contribution is 5.85. The maximum Gasteiger partial charge on any atom is 0.160 e. The SMILES string of the molecule is Cl.Cl.Fc1ccc(C(Nc2ccc(F)c(F)c2)C2CCN(CCCOc3ccc4ccccc4c3)CC2)cc1. The molecule has 1 saturated heterocycles. The van der Waals surface area contributed by atoms with Crippen LogP contribution in [0.1, 0.15) is 30.9 Å². The monoisotopic (exact) mass is 576 g/mol. The summed E-state index contributed by atoms with van der Waals surface area (Å²) in [6.07, 6.45) is 2.83. The quantitative estimate of drug-likeness (QED) is 0.202. The van der Waals surface area contributed by atoms with Crippen LogP contribution in [0.4, 0.5) is 18.9 Å². The second-order valence-electron chi connectivity index (χ2n) is 9.69. The first-order chi connectivity index (χ1) is 18.0. The van der Waals surface area contributed by atoms with Crippen molar-refractivity contribution in [3.05, 3.63) is 108 Å². The second-order valence-corrected chi connectivity index (χ2v) is 9.69. The number of hydrogen-bond acceptors (Lipinski definition) is 3. The van der Waals surface area contributed by atoms with E-state index < -0.39 is 11.6 Å². The minimum absolute atomic E-state index is 0. The Morgan fingerprint density at radius 2 is 1.51 bits per heavy atom. The van der Waals surface area contributed by atoms with Gasteiger partial charge in [0.25, 0.3) is 0 Å². The first-order valence-corrected chi connectivity index (χ1v) is 12.9. The molecule has 5 rings (SSSR count). The molecular formula is C31H33Cl2F3N2O. The summed E-state index contributed by atoms with van der Waals surface area (Å²) in [5.41, 5.74) is 1.45. The van der Waals surface area contributed by atoms with Crippen LogP contribution in [-0.4, -0.2) is 31.1 Å². The van der Waals surface area contributed by atoms with Crippen molar-refractivity contribution in [2.45, 2.75) is 25.3 Å². The van der Waals surface area contributed by atoms with E-state index in [9.17, 15) is 13.2 Å². The number of hydrogen-bond donors (Lipinski definition) is 1. The summed E-state index contributed by atoms with van der Waals surface area (Å²) in [7, 11) is 0. The number of likely N-dealkylation sites (tertiary alicyclic amines) is 1. The standard InChI is InChI=1S/C31H31F3N2O.2ClH/c32-26-9-6-23(7-10-26)31(35-27-11-13-29(33)30(34)21-27)24-14-17-36(18-15-24)16-3-19-37-28-12-8-22-4-1-2-5-25(22)20-28;;/h1-2,4-13,20-21,24,31,35H,3,14-19H2;2*1H. The van der Waals surface area contributed by atoms with Gasteiger partial charge in [-0.3, -0.25) is 0 Å². The van der Waals surface area contributed by atoms with E-state index in [-0.39, 0.29) is 42.6 Å². The summed E-state index contributed by atoms with van der Waals surface area (Å²) in [5.74, 6) is -0.882. The molecule has 208 valence electrons. The highest BCUT2D eigenvalue weighted by Gasteiger charge is 2.28. The number of benzene rings is 4. The molecule has 1 atom stereocenters. The molecule has 0 bridgehead atoms. The van der Waals surface area contributed by atoms with E-state index in [2.05, 4.69) is 34.5 Å². The summed E-state index contributed by atoms with van der Waals surface area (Å²) < 4.78 is 46.8. The zero-order chi connectivity index (χ0) is 25.6. The smallest absolute Gasteiger partial charge is 0.160 e. The lowest BCUT2D eigenvalue weighted by atomic mass is 9.85. The average Bonchev–Trinajstić information content (AvgIpc) is 2.93. The molecular weight excluding hydrogens is 544 g/mol. The van der Waals surface area contributed by atoms with E-state index in [1.165, 1.54) is 29.0 Å². The number of nitrogens with one attached hydrogen (secondary N) is 1. The topological polar surface area (TPSA) is 24.5 Å². The van der Waals surface area contributed by atoms with Gasteiger partial charge in [0.15, 0.2) is 11.6 Å². The molecule has 4 aromatic rings. The van der Waals surface area contributed by atoms with Gasteiger partial charge in [-0.05, 0) is 91.0 Å². The molecule has 0 amide bonds. The molecule has 3 nitrogen and oxygen atoms in total. The van der Waals surface area contributed by atoms with Gasteiger partial charge in [-0.2, -0.15) is 0 Å². The Hall–Kier alpha value is -2.93. The van der Waals surface area contributed by atoms with E-state index in [0.717, 1.165) is 56.3 Å². The fourth-order valence-electron chi connectivity index (χ4n) is 5.15. The van der Waals surface area contributed by atoms with Crippen molar-refractivity contribution >= 4 is 41.3 Å². The van der Waals surface area contributed by atoms with E-state index in [1.807, 2.05) is 18.2 Å². The Balaban J connectivity index is 0.00000210. The van der Waals surface area contributed by atoms with Gasteiger partial charge < -0.3 is 15.0 Å². The van der Waals surface area contributed by atoms with Crippen molar-refractivity contribution < 1.29 is 17.9 Å². The van der Waals surface area contributed by atoms with Gasteiger partial charge in [0.2, 0.25) is 0 Å². The first-order valence-electron chi connectivity index (χ1n) is 12.9. The summed E-state index contributed by atoms with van der Waals surface area (Å²) >= 11 is 0. The Morgan fingerprint density at radius 3 is 2.23 bits per heavy atom. The lowest BCUT2D eigenvalue weighted by molar-refractivity contribution is 0.161. The van der Waals surface area contributed by atoms with Crippen LogP contribution in [0.25, 0.3) is 10.8 Å². The molecule has 1 heterocycles. The highest BCUT2D eigenvalue weighted by Crippen LogP contribution is 2.34. The van der Waals surface area contributed by atoms with Crippen LogP contribution in [0.2, 0.25) is 0 Å². The van der Waals surface area contributed by atoms with Crippen molar-refractivity contribution in [3.63, 3.8) is 0 Å². The Kier molecular flexibility index (Phi) is 11.3. The normalized spacial score (nSPS) is 14.7. The predicted octanol–water partition coefficient (Wildman–Crippen LogP) is 8.44. The molecule has 1 fully saturated rings. The summed E-state index contributed by atoms with van der Waals surface area (Å²) in [4.78, 5) is 2.44. The molecule has 0 aliphatic carbocycles. The van der Waals surface area contributed by atoms with Crippen molar-refractivity contribution in [2.24, 2.45) is 5.92 Å². The molecule has 1 unspecified atom stereocenters. The number of nitrogens with zero attached hydrogens (tertiary/aromatic N) is 1. The van der Waals surface area contributed by atoms with Gasteiger partial charge in [-0.25, -0.2) is 13.2 Å². The number of piperidine rings is 1. The average molecular weight is 578 g/mol. The molecule has 0 spiro atoms. The predicted molar refractivity (Wildman–Crippen MR) is 157 cm³/mol. The number of fused-ring (bicyclic) bond motifs is 1. The zero-order valence-corrected chi connectivity index (χ0v) is 23.1. The number of ether oxygens (including phenoxy) is 1. The molecule has 39 heavy (non-hydrogen) atoms. The van der Waals surface area contributed by atoms with Crippen molar-refractivity contribution in [3.8, 4) is 5.75 Å². The van der Waals surface area contributed by atoms with Crippen LogP contribution in [0.3, 0.4) is 0 Å². The van der Waals surface area contributed by atoms with Crippen molar-refractivity contribution in [1.82, 2.24) is 4.90 Å². The minimum atomic E-state index is -0.886. The van der Waals surface area contributed by atoms with Crippen LogP contribution in [-0.2, 0) is 0 Å². The minimum Gasteiger partial charge on any atom is -0.494 e. The van der Waals surface area contributed by atoms with Gasteiger partial charge in [-0.15, -0.1) is 24.8 Å². The molecule has 0 aromatic heterocycles. The van der Waals surface area contributed by atoms with E-state index in [0.29, 0.717) is 12.3 Å². The van der Waals surface area contributed by atoms with E-state index in [1.54, 1.807) is 18.2 Å². The van der Waals surface area contributed by atoms with Crippen LogP contribution in [0.5, 0.6) is 5.75 Å². The van der Waals surface area contributed by atoms with Crippen molar-refractivity contribution in [1.29, 1.82) is 0 Å². The third-order valence-electron chi connectivity index (χ3n) is 7.18. The maximum atomic E-state index is 13.8. The fourth-order valence-corrected chi connectivity index (χ4v) is 5.15. The second kappa shape index (κ2) is 14.5. The number of halogens is 5. The first kappa shape index (κ1) is 30.6. The van der Waals surface area contributed by atoms with Gasteiger partial charge in [0.1, 0.15) is 11.6 Å². The Morgan fingerprint density at radius 1 is 0.795 bits per heavy atom. The molecule has 4 aromatic carbocycles. The zero-order valence-electron chi connectivity index (χ0n) is 21.5. The molecule has 1 aliphatic heterocycles. The summed E-state index contributed by atoms with van der Waals surface area (Å²) in [5, 5.41) is 5.76. The van der Waals surface area contributed by atoms with Gasteiger partial charge >= 0.3 is 0 Å². The third-order valence-corrected chi connectivity index (χ3v) is 7.18. The van der Waals surface area contributed by atoms with Crippen LogP contribution < -0.4 is 10.1 Å². The molecule has 1 N–H and O–H groups in total. The van der Waals surface area contributed by atoms with E-state index >= 15 is 0 Å². The third kappa shape index (κ3) is 8.04. The Labute approximate surface area is 240 Å². The van der Waals surface area contributed by atoms with Gasteiger partial charge in [0, 0.05) is 18.3 Å². The van der Waals surface area contributed by atoms with Crippen LogP contribution in [0.15, 0.2) is 84.9 Å². The van der Waals surface area contributed by atoms with Crippen molar-refractivity contribution in [2.75, 3.05) is 31.6 Å². The number of anilines is 1.